The summed E-state index contributed by atoms with van der Waals surface area (Å²) >= 11 is 0. The monoisotopic (exact) mass is 224 g/mol. The third-order valence-electron chi connectivity index (χ3n) is 5.15. The highest BCUT2D eigenvalue weighted by molar-refractivity contribution is 4.96. The Bertz CT molecular complexity index is 239. The maximum Gasteiger partial charge on any atom is 0.0174 e. The van der Waals surface area contributed by atoms with Crippen LogP contribution in [0.15, 0.2) is 0 Å². The van der Waals surface area contributed by atoms with Crippen LogP contribution >= 0.6 is 0 Å². The lowest BCUT2D eigenvalue weighted by molar-refractivity contribution is 0.0625. The quantitative estimate of drug-likeness (QED) is 0.776. The third-order valence-corrected chi connectivity index (χ3v) is 5.15. The van der Waals surface area contributed by atoms with E-state index in [0.29, 0.717) is 11.0 Å². The smallest absolute Gasteiger partial charge is 0.0174 e. The van der Waals surface area contributed by atoms with E-state index in [1.54, 1.807) is 0 Å². The first-order chi connectivity index (χ1) is 7.47. The van der Waals surface area contributed by atoms with Gasteiger partial charge >= 0.3 is 0 Å². The Kier molecular flexibility index (Phi) is 3.33. The molecule has 0 spiro atoms. The highest BCUT2D eigenvalue weighted by atomic mass is 15.2. The van der Waals surface area contributed by atoms with Crippen molar-refractivity contribution >= 4 is 0 Å². The zero-order chi connectivity index (χ0) is 11.8. The van der Waals surface area contributed by atoms with E-state index in [1.807, 2.05) is 0 Å². The van der Waals surface area contributed by atoms with Gasteiger partial charge in [0.15, 0.2) is 0 Å². The van der Waals surface area contributed by atoms with Crippen molar-refractivity contribution in [1.29, 1.82) is 0 Å². The van der Waals surface area contributed by atoms with Crippen LogP contribution in [0.4, 0.5) is 0 Å². The number of nitrogens with one attached hydrogen (secondary N) is 1. The number of likely N-dealkylation sites (tertiary alicyclic amines) is 1. The predicted molar refractivity (Wildman–Crippen MR) is 69.7 cm³/mol. The second-order valence-corrected chi connectivity index (χ2v) is 6.74. The van der Waals surface area contributed by atoms with E-state index in [-0.39, 0.29) is 0 Å². The molecule has 16 heavy (non-hydrogen) atoms. The lowest BCUT2D eigenvalue weighted by Crippen LogP contribution is -2.54. The molecule has 0 aromatic rings. The molecule has 1 atom stereocenters. The number of nitrogens with zero attached hydrogens (tertiary/aromatic N) is 1. The molecule has 1 unspecified atom stereocenters. The molecule has 1 aliphatic heterocycles. The molecule has 0 radical (unpaired) electrons. The topological polar surface area (TPSA) is 15.3 Å². The fraction of sp³-hybridized carbons (Fsp3) is 1.00. The zero-order valence-electron chi connectivity index (χ0n) is 11.5. The minimum atomic E-state index is 0.388. The summed E-state index contributed by atoms with van der Waals surface area (Å²) in [5.41, 5.74) is 0.937. The SMILES string of the molecule is CNC1(C)CCN(C2CCCC2(C)C)CC1. The average molecular weight is 224 g/mol. The Balaban J connectivity index is 1.94. The van der Waals surface area contributed by atoms with E-state index in [4.69, 9.17) is 0 Å². The molecule has 0 bridgehead atoms. The van der Waals surface area contributed by atoms with Gasteiger partial charge in [0.2, 0.25) is 0 Å². The fourth-order valence-electron chi connectivity index (χ4n) is 3.56. The fourth-order valence-corrected chi connectivity index (χ4v) is 3.56. The van der Waals surface area contributed by atoms with Crippen molar-refractivity contribution in [3.8, 4) is 0 Å². The van der Waals surface area contributed by atoms with Gasteiger partial charge in [-0.1, -0.05) is 20.3 Å². The first-order valence-corrected chi connectivity index (χ1v) is 6.90. The van der Waals surface area contributed by atoms with E-state index >= 15 is 0 Å². The zero-order valence-corrected chi connectivity index (χ0v) is 11.5. The Labute approximate surface area is 101 Å². The Morgan fingerprint density at radius 2 is 1.69 bits per heavy atom. The van der Waals surface area contributed by atoms with Crippen LogP contribution in [0, 0.1) is 5.41 Å². The Morgan fingerprint density at radius 1 is 1.06 bits per heavy atom. The van der Waals surface area contributed by atoms with Crippen molar-refractivity contribution in [2.75, 3.05) is 20.1 Å². The molecule has 1 saturated carbocycles. The molecular weight excluding hydrogens is 196 g/mol. The first-order valence-electron chi connectivity index (χ1n) is 6.90. The number of hydrogen-bond donors (Lipinski definition) is 1. The molecule has 0 aromatic heterocycles. The number of hydrogen-bond acceptors (Lipinski definition) is 2. The summed E-state index contributed by atoms with van der Waals surface area (Å²) < 4.78 is 0. The molecule has 0 aromatic carbocycles. The molecule has 1 saturated heterocycles. The predicted octanol–water partition coefficient (Wildman–Crippen LogP) is 2.64. The Hall–Kier alpha value is -0.0800. The van der Waals surface area contributed by atoms with Crippen LogP contribution in [-0.2, 0) is 0 Å². The number of rotatable bonds is 2. The molecule has 1 heterocycles. The van der Waals surface area contributed by atoms with E-state index < -0.39 is 0 Å². The van der Waals surface area contributed by atoms with Gasteiger partial charge < -0.3 is 5.32 Å². The second-order valence-electron chi connectivity index (χ2n) is 6.74. The molecule has 2 nitrogen and oxygen atoms in total. The third kappa shape index (κ3) is 2.28. The largest absolute Gasteiger partial charge is 0.314 e. The van der Waals surface area contributed by atoms with Crippen LogP contribution in [0.3, 0.4) is 0 Å². The normalized spacial score (nSPS) is 34.1. The second kappa shape index (κ2) is 4.30. The highest BCUT2D eigenvalue weighted by Crippen LogP contribution is 2.41. The van der Waals surface area contributed by atoms with Crippen LogP contribution in [0.2, 0.25) is 0 Å². The Morgan fingerprint density at radius 3 is 2.12 bits per heavy atom. The molecule has 2 aliphatic rings. The van der Waals surface area contributed by atoms with Crippen LogP contribution in [-0.4, -0.2) is 36.6 Å². The van der Waals surface area contributed by atoms with Gasteiger partial charge in [-0.25, -0.2) is 0 Å². The van der Waals surface area contributed by atoms with Gasteiger partial charge in [-0.3, -0.25) is 4.90 Å². The van der Waals surface area contributed by atoms with Crippen LogP contribution in [0.1, 0.15) is 52.9 Å². The number of piperidine rings is 1. The summed E-state index contributed by atoms with van der Waals surface area (Å²) in [7, 11) is 2.11. The molecule has 94 valence electrons. The van der Waals surface area contributed by atoms with Gasteiger partial charge in [-0.2, -0.15) is 0 Å². The summed E-state index contributed by atoms with van der Waals surface area (Å²) in [6.07, 6.45) is 6.87. The van der Waals surface area contributed by atoms with Gasteiger partial charge in [0.1, 0.15) is 0 Å². The summed E-state index contributed by atoms with van der Waals surface area (Å²) in [5.74, 6) is 0. The molecule has 2 fully saturated rings. The maximum absolute atomic E-state index is 3.49. The van der Waals surface area contributed by atoms with Gasteiger partial charge in [0.25, 0.3) is 0 Å². The maximum atomic E-state index is 3.49. The van der Waals surface area contributed by atoms with Crippen LogP contribution in [0.25, 0.3) is 0 Å². The van der Waals surface area contributed by atoms with Crippen molar-refractivity contribution < 1.29 is 0 Å². The summed E-state index contributed by atoms with van der Waals surface area (Å²) in [6.45, 7) is 9.84. The van der Waals surface area contributed by atoms with Crippen LogP contribution < -0.4 is 5.32 Å². The van der Waals surface area contributed by atoms with Crippen molar-refractivity contribution in [2.45, 2.75) is 64.5 Å². The molecular formula is C14H28N2. The first kappa shape index (κ1) is 12.4. The summed E-state index contributed by atoms with van der Waals surface area (Å²) in [4.78, 5) is 2.76. The van der Waals surface area contributed by atoms with Gasteiger partial charge in [0.05, 0.1) is 0 Å². The lowest BCUT2D eigenvalue weighted by atomic mass is 9.83. The molecule has 2 rings (SSSR count). The van der Waals surface area contributed by atoms with Crippen molar-refractivity contribution in [3.63, 3.8) is 0 Å². The van der Waals surface area contributed by atoms with E-state index in [1.165, 1.54) is 45.2 Å². The van der Waals surface area contributed by atoms with E-state index in [9.17, 15) is 0 Å². The van der Waals surface area contributed by atoms with Gasteiger partial charge in [-0.15, -0.1) is 0 Å². The van der Waals surface area contributed by atoms with Crippen LogP contribution in [0.5, 0.6) is 0 Å². The lowest BCUT2D eigenvalue weighted by Gasteiger charge is -2.45. The van der Waals surface area contributed by atoms with Gasteiger partial charge in [-0.05, 0) is 45.1 Å². The highest BCUT2D eigenvalue weighted by Gasteiger charge is 2.40. The van der Waals surface area contributed by atoms with Crippen molar-refractivity contribution in [3.05, 3.63) is 0 Å². The average Bonchev–Trinajstić information content (AvgIpc) is 2.60. The molecule has 1 aliphatic carbocycles. The van der Waals surface area contributed by atoms with Gasteiger partial charge in [0, 0.05) is 24.7 Å². The van der Waals surface area contributed by atoms with E-state index in [2.05, 4.69) is 38.0 Å². The molecule has 0 amide bonds. The minimum absolute atomic E-state index is 0.388. The standard InChI is InChI=1S/C14H28N2/c1-13(2)7-5-6-12(13)16-10-8-14(3,15-4)9-11-16/h12,15H,5-11H2,1-4H3. The molecule has 2 heteroatoms. The molecule has 1 N–H and O–H groups in total. The summed E-state index contributed by atoms with van der Waals surface area (Å²) in [6, 6.07) is 0.842. The van der Waals surface area contributed by atoms with Crippen molar-refractivity contribution in [1.82, 2.24) is 10.2 Å². The summed E-state index contributed by atoms with van der Waals surface area (Å²) in [5, 5.41) is 3.49. The van der Waals surface area contributed by atoms with E-state index in [0.717, 1.165) is 6.04 Å². The van der Waals surface area contributed by atoms with Crippen molar-refractivity contribution in [2.24, 2.45) is 5.41 Å². The minimum Gasteiger partial charge on any atom is -0.314 e.